The van der Waals surface area contributed by atoms with Crippen LogP contribution in [-0.2, 0) is 9.53 Å². The first-order chi connectivity index (χ1) is 13.1. The number of aromatic nitrogens is 1. The summed E-state index contributed by atoms with van der Waals surface area (Å²) in [6.07, 6.45) is 3.74. The second-order valence-electron chi connectivity index (χ2n) is 7.04. The van der Waals surface area contributed by atoms with Crippen LogP contribution in [0.25, 0.3) is 16.1 Å². The number of fused-ring (bicyclic) bond motifs is 2. The van der Waals surface area contributed by atoms with Gasteiger partial charge in [-0.05, 0) is 44.7 Å². The molecule has 0 spiro atoms. The predicted octanol–water partition coefficient (Wildman–Crippen LogP) is 4.38. The normalized spacial score (nSPS) is 23.9. The Morgan fingerprint density at radius 1 is 1.41 bits per heavy atom. The molecule has 2 aliphatic rings. The van der Waals surface area contributed by atoms with Gasteiger partial charge in [0, 0.05) is 23.0 Å². The van der Waals surface area contributed by atoms with E-state index in [4.69, 9.17) is 16.3 Å². The number of hydrogen-bond donors (Lipinski definition) is 1. The fourth-order valence-corrected chi connectivity index (χ4v) is 5.21. The van der Waals surface area contributed by atoms with E-state index >= 15 is 0 Å². The maximum absolute atomic E-state index is 12.1. The first-order valence-electron chi connectivity index (χ1n) is 9.22. The minimum atomic E-state index is -0.0743. The number of ether oxygens (including phenoxy) is 1. The average Bonchev–Trinajstić information content (AvgIpc) is 3.24. The molecule has 2 aliphatic heterocycles. The first kappa shape index (κ1) is 17.8. The summed E-state index contributed by atoms with van der Waals surface area (Å²) >= 11 is 1.55. The Kier molecular flexibility index (Phi) is 4.75. The lowest BCUT2D eigenvalue weighted by Gasteiger charge is -2.37. The highest BCUT2D eigenvalue weighted by Gasteiger charge is 2.44. The number of anilines is 1. The smallest absolute Gasteiger partial charge is 0.309 e. The zero-order valence-electron chi connectivity index (χ0n) is 15.1. The monoisotopic (exact) mass is 383 g/mol. The van der Waals surface area contributed by atoms with Crippen molar-refractivity contribution >= 4 is 28.1 Å². The zero-order chi connectivity index (χ0) is 19.0. The van der Waals surface area contributed by atoms with Crippen molar-refractivity contribution in [3.8, 4) is 17.0 Å². The highest BCUT2D eigenvalue weighted by molar-refractivity contribution is 7.14. The van der Waals surface area contributed by atoms with E-state index in [1.54, 1.807) is 23.5 Å². The predicted molar refractivity (Wildman–Crippen MR) is 104 cm³/mol. The molecule has 1 aromatic heterocycles. The summed E-state index contributed by atoms with van der Waals surface area (Å²) in [5, 5.41) is 13.0. The van der Waals surface area contributed by atoms with Crippen LogP contribution in [0.15, 0.2) is 23.6 Å². The van der Waals surface area contributed by atoms with Crippen molar-refractivity contribution in [3.63, 3.8) is 0 Å². The van der Waals surface area contributed by atoms with E-state index in [9.17, 15) is 9.90 Å². The number of aromatic hydroxyl groups is 1. The van der Waals surface area contributed by atoms with Crippen molar-refractivity contribution in [2.24, 2.45) is 5.92 Å². The number of piperidine rings is 1. The van der Waals surface area contributed by atoms with Crippen molar-refractivity contribution in [1.82, 2.24) is 4.98 Å². The number of thiazole rings is 1. The quantitative estimate of drug-likeness (QED) is 0.627. The lowest BCUT2D eigenvalue weighted by Crippen LogP contribution is -2.45. The van der Waals surface area contributed by atoms with E-state index in [0.717, 1.165) is 30.8 Å². The number of phenols is 1. The van der Waals surface area contributed by atoms with Crippen LogP contribution in [0.3, 0.4) is 0 Å². The fourth-order valence-electron chi connectivity index (χ4n) is 4.25. The third-order valence-electron chi connectivity index (χ3n) is 5.45. The van der Waals surface area contributed by atoms with Crippen molar-refractivity contribution in [2.45, 2.75) is 44.7 Å². The molecule has 1 N–H and O–H groups in total. The number of carbonyl (C=O) groups excluding carboxylic acids is 1. The van der Waals surface area contributed by atoms with Crippen LogP contribution in [0.4, 0.5) is 10.8 Å². The average molecular weight is 383 g/mol. The summed E-state index contributed by atoms with van der Waals surface area (Å²) < 4.78 is 5.22. The second kappa shape index (κ2) is 7.20. The van der Waals surface area contributed by atoms with E-state index in [2.05, 4.69) is 9.74 Å². The van der Waals surface area contributed by atoms with Crippen molar-refractivity contribution < 1.29 is 14.6 Å². The molecule has 3 heterocycles. The highest BCUT2D eigenvalue weighted by atomic mass is 32.1. The molecule has 2 fully saturated rings. The second-order valence-corrected chi connectivity index (χ2v) is 7.88. The van der Waals surface area contributed by atoms with Gasteiger partial charge in [0.25, 0.3) is 0 Å². The van der Waals surface area contributed by atoms with E-state index in [0.29, 0.717) is 35.6 Å². The lowest BCUT2D eigenvalue weighted by atomic mass is 9.91. The van der Waals surface area contributed by atoms with Gasteiger partial charge in [0.2, 0.25) is 0 Å². The summed E-state index contributed by atoms with van der Waals surface area (Å²) in [5.74, 6) is 0.0375. The van der Waals surface area contributed by atoms with Gasteiger partial charge in [0.05, 0.1) is 24.8 Å². The molecule has 0 saturated carbocycles. The van der Waals surface area contributed by atoms with E-state index < -0.39 is 0 Å². The van der Waals surface area contributed by atoms with Gasteiger partial charge in [-0.2, -0.15) is 0 Å². The van der Waals surface area contributed by atoms with Gasteiger partial charge in [-0.15, -0.1) is 11.3 Å². The van der Waals surface area contributed by atoms with E-state index in [-0.39, 0.29) is 17.6 Å². The maximum Gasteiger partial charge on any atom is 0.309 e. The minimum absolute atomic E-state index is 0.0162. The number of nitrogens with zero attached hydrogens (tertiary/aromatic N) is 3. The number of hydrogen-bond acceptors (Lipinski definition) is 6. The molecule has 1 aromatic carbocycles. The standard InChI is InChI=1S/C20H21N3O3S/c1-3-26-19(25)12-8-14-5-6-15(9-12)23(14)20-22-17(11-27-20)16-10-13(21-2)4-7-18(16)24/h4,7,10-12,14-15,24H,3,5-6,8-9H2,1H3. The largest absolute Gasteiger partial charge is 0.507 e. The molecule has 7 heteroatoms. The molecule has 2 unspecified atom stereocenters. The summed E-state index contributed by atoms with van der Waals surface area (Å²) in [6.45, 7) is 9.44. The van der Waals surface area contributed by atoms with Crippen LogP contribution in [0.2, 0.25) is 0 Å². The Morgan fingerprint density at radius 2 is 2.15 bits per heavy atom. The van der Waals surface area contributed by atoms with Crippen LogP contribution >= 0.6 is 11.3 Å². The van der Waals surface area contributed by atoms with Gasteiger partial charge in [-0.1, -0.05) is 6.07 Å². The molecule has 2 bridgehead atoms. The number of benzene rings is 1. The van der Waals surface area contributed by atoms with Gasteiger partial charge in [0.1, 0.15) is 5.75 Å². The third kappa shape index (κ3) is 3.26. The van der Waals surface area contributed by atoms with Gasteiger partial charge < -0.3 is 14.7 Å². The number of esters is 1. The Bertz CT molecular complexity index is 890. The topological polar surface area (TPSA) is 67.0 Å². The molecule has 6 nitrogen and oxygen atoms in total. The zero-order valence-corrected chi connectivity index (χ0v) is 15.9. The summed E-state index contributed by atoms with van der Waals surface area (Å²) in [5.41, 5.74) is 1.75. The van der Waals surface area contributed by atoms with Gasteiger partial charge in [-0.25, -0.2) is 9.83 Å². The number of rotatable bonds is 4. The molecule has 140 valence electrons. The molecule has 4 rings (SSSR count). The Morgan fingerprint density at radius 3 is 2.81 bits per heavy atom. The van der Waals surface area contributed by atoms with E-state index in [1.165, 1.54) is 6.07 Å². The summed E-state index contributed by atoms with van der Waals surface area (Å²) in [4.78, 5) is 22.7. The van der Waals surface area contributed by atoms with Gasteiger partial charge >= 0.3 is 5.97 Å². The molecule has 27 heavy (non-hydrogen) atoms. The summed E-state index contributed by atoms with van der Waals surface area (Å²) in [6, 6.07) is 5.42. The van der Waals surface area contributed by atoms with Crippen LogP contribution in [-0.4, -0.2) is 34.8 Å². The molecular formula is C20H21N3O3S. The van der Waals surface area contributed by atoms with Crippen LogP contribution in [0.5, 0.6) is 5.75 Å². The maximum atomic E-state index is 12.1. The Hall–Kier alpha value is -2.59. The van der Waals surface area contributed by atoms with Crippen LogP contribution in [0, 0.1) is 12.5 Å². The third-order valence-corrected chi connectivity index (χ3v) is 6.31. The van der Waals surface area contributed by atoms with E-state index in [1.807, 2.05) is 12.3 Å². The Balaban J connectivity index is 1.57. The minimum Gasteiger partial charge on any atom is -0.507 e. The molecule has 2 saturated heterocycles. The highest BCUT2D eigenvalue weighted by Crippen LogP contribution is 2.44. The summed E-state index contributed by atoms with van der Waals surface area (Å²) in [7, 11) is 0. The molecular weight excluding hydrogens is 362 g/mol. The molecule has 2 atom stereocenters. The van der Waals surface area contributed by atoms with Crippen LogP contribution < -0.4 is 4.90 Å². The van der Waals surface area contributed by atoms with Crippen molar-refractivity contribution in [1.29, 1.82) is 0 Å². The van der Waals surface area contributed by atoms with Crippen LogP contribution in [0.1, 0.15) is 32.6 Å². The first-order valence-corrected chi connectivity index (χ1v) is 10.1. The number of phenolic OH excluding ortho intramolecular Hbond substituents is 1. The van der Waals surface area contributed by atoms with Gasteiger partial charge in [-0.3, -0.25) is 4.79 Å². The number of carbonyl (C=O) groups is 1. The Labute approximate surface area is 162 Å². The fraction of sp³-hybridized carbons (Fsp3) is 0.450. The molecule has 0 radical (unpaired) electrons. The van der Waals surface area contributed by atoms with Crippen molar-refractivity contribution in [3.05, 3.63) is 35.0 Å². The van der Waals surface area contributed by atoms with Gasteiger partial charge in [0.15, 0.2) is 10.8 Å². The molecule has 0 aliphatic carbocycles. The SMILES string of the molecule is [C-]#[N+]c1ccc(O)c(-c2csc(N3C4CCC3CC(C(=O)OCC)C4)n2)c1. The lowest BCUT2D eigenvalue weighted by molar-refractivity contribution is -0.149. The molecule has 0 amide bonds. The molecule has 2 aromatic rings. The van der Waals surface area contributed by atoms with Crippen molar-refractivity contribution in [2.75, 3.05) is 11.5 Å².